The van der Waals surface area contributed by atoms with Crippen LogP contribution in [0.5, 0.6) is 0 Å². The van der Waals surface area contributed by atoms with E-state index in [1.54, 1.807) is 0 Å². The van der Waals surface area contributed by atoms with E-state index in [9.17, 15) is 0 Å². The van der Waals surface area contributed by atoms with Crippen LogP contribution in [0.15, 0.2) is 36.8 Å². The fourth-order valence-corrected chi connectivity index (χ4v) is 3.06. The van der Waals surface area contributed by atoms with Crippen LogP contribution in [0.3, 0.4) is 0 Å². The van der Waals surface area contributed by atoms with Gasteiger partial charge in [0, 0.05) is 70.0 Å². The summed E-state index contributed by atoms with van der Waals surface area (Å²) in [5.74, 6) is 1.15. The maximum absolute atomic E-state index is 4.44. The highest BCUT2D eigenvalue weighted by molar-refractivity contribution is 5.04. The summed E-state index contributed by atoms with van der Waals surface area (Å²) in [7, 11) is 2.07. The van der Waals surface area contributed by atoms with Crippen molar-refractivity contribution in [1.82, 2.24) is 24.3 Å². The molecule has 0 spiro atoms. The first kappa shape index (κ1) is 15.2. The molecule has 0 unspecified atom stereocenters. The van der Waals surface area contributed by atoms with Gasteiger partial charge in [0.15, 0.2) is 0 Å². The maximum Gasteiger partial charge on any atom is 0.122 e. The molecule has 2 aromatic heterocycles. The molecule has 1 atom stereocenters. The summed E-state index contributed by atoms with van der Waals surface area (Å²) in [5, 5.41) is 0. The van der Waals surface area contributed by atoms with Crippen molar-refractivity contribution in [3.05, 3.63) is 48.3 Å². The van der Waals surface area contributed by atoms with Crippen molar-refractivity contribution in [2.45, 2.75) is 25.9 Å². The number of rotatable bonds is 5. The number of nitrogens with zero attached hydrogens (tertiary/aromatic N) is 5. The summed E-state index contributed by atoms with van der Waals surface area (Å²) >= 11 is 0. The van der Waals surface area contributed by atoms with Gasteiger partial charge in [-0.05, 0) is 19.1 Å². The van der Waals surface area contributed by atoms with Gasteiger partial charge in [-0.15, -0.1) is 0 Å². The van der Waals surface area contributed by atoms with Gasteiger partial charge in [-0.2, -0.15) is 0 Å². The van der Waals surface area contributed by atoms with E-state index in [2.05, 4.69) is 50.4 Å². The Morgan fingerprint density at radius 2 is 2.09 bits per heavy atom. The van der Waals surface area contributed by atoms with Crippen LogP contribution < -0.4 is 0 Å². The van der Waals surface area contributed by atoms with Gasteiger partial charge in [-0.1, -0.05) is 6.07 Å². The largest absolute Gasteiger partial charge is 0.337 e. The molecule has 0 radical (unpaired) electrons. The fraction of sp³-hybridized carbons (Fsp3) is 0.529. The topological polar surface area (TPSA) is 37.2 Å². The summed E-state index contributed by atoms with van der Waals surface area (Å²) in [5.41, 5.74) is 1.19. The van der Waals surface area contributed by atoms with E-state index in [0.717, 1.165) is 45.0 Å². The van der Waals surface area contributed by atoms with E-state index in [0.29, 0.717) is 6.04 Å². The van der Waals surface area contributed by atoms with Gasteiger partial charge in [-0.3, -0.25) is 9.88 Å². The molecule has 1 aliphatic heterocycles. The van der Waals surface area contributed by atoms with Crippen LogP contribution in [0.25, 0.3) is 0 Å². The summed E-state index contributed by atoms with van der Waals surface area (Å²) in [6.07, 6.45) is 6.81. The Labute approximate surface area is 132 Å². The molecule has 0 saturated carbocycles. The number of pyridine rings is 1. The second kappa shape index (κ2) is 7.03. The molecule has 0 amide bonds. The predicted octanol–water partition coefficient (Wildman–Crippen LogP) is 1.56. The number of hydrogen-bond acceptors (Lipinski definition) is 4. The Bertz CT molecular complexity index is 580. The summed E-state index contributed by atoms with van der Waals surface area (Å²) in [6.45, 7) is 7.71. The Hall–Kier alpha value is -1.72. The Morgan fingerprint density at radius 1 is 1.18 bits per heavy atom. The molecule has 0 aromatic carbocycles. The van der Waals surface area contributed by atoms with Gasteiger partial charge in [0.1, 0.15) is 5.82 Å². The van der Waals surface area contributed by atoms with E-state index in [1.165, 1.54) is 5.69 Å². The molecule has 1 fully saturated rings. The number of imidazole rings is 1. The third-order valence-corrected chi connectivity index (χ3v) is 4.53. The van der Waals surface area contributed by atoms with E-state index in [1.807, 2.05) is 24.7 Å². The minimum atomic E-state index is 0.564. The lowest BCUT2D eigenvalue weighted by Gasteiger charge is -2.39. The van der Waals surface area contributed by atoms with Crippen LogP contribution in [0.4, 0.5) is 0 Å². The zero-order valence-corrected chi connectivity index (χ0v) is 13.5. The van der Waals surface area contributed by atoms with Crippen LogP contribution in [-0.2, 0) is 20.0 Å². The minimum absolute atomic E-state index is 0.564. The van der Waals surface area contributed by atoms with Crippen molar-refractivity contribution in [3.8, 4) is 0 Å². The van der Waals surface area contributed by atoms with Crippen molar-refractivity contribution in [2.24, 2.45) is 7.05 Å². The third kappa shape index (κ3) is 3.72. The highest BCUT2D eigenvalue weighted by atomic mass is 15.3. The molecule has 118 valence electrons. The van der Waals surface area contributed by atoms with E-state index >= 15 is 0 Å². The third-order valence-electron chi connectivity index (χ3n) is 4.53. The molecule has 5 nitrogen and oxygen atoms in total. The van der Waals surface area contributed by atoms with Crippen molar-refractivity contribution in [2.75, 3.05) is 26.2 Å². The first-order valence-corrected chi connectivity index (χ1v) is 8.05. The maximum atomic E-state index is 4.44. The second-order valence-electron chi connectivity index (χ2n) is 6.15. The van der Waals surface area contributed by atoms with E-state index < -0.39 is 0 Å². The molecule has 3 heterocycles. The number of aryl methyl sites for hydroxylation is 1. The lowest BCUT2D eigenvalue weighted by molar-refractivity contribution is 0.0756. The molecule has 0 N–H and O–H groups in total. The second-order valence-corrected chi connectivity index (χ2v) is 6.15. The van der Waals surface area contributed by atoms with Crippen molar-refractivity contribution in [1.29, 1.82) is 0 Å². The average molecular weight is 299 g/mol. The minimum Gasteiger partial charge on any atom is -0.337 e. The number of hydrogen-bond donors (Lipinski definition) is 0. The Kier molecular flexibility index (Phi) is 4.85. The van der Waals surface area contributed by atoms with Gasteiger partial charge in [0.25, 0.3) is 0 Å². The molecular formula is C17H25N5. The lowest BCUT2D eigenvalue weighted by atomic mass is 10.1. The summed E-state index contributed by atoms with van der Waals surface area (Å²) in [4.78, 5) is 13.9. The summed E-state index contributed by atoms with van der Waals surface area (Å²) in [6, 6.07) is 6.72. The molecule has 0 aliphatic carbocycles. The van der Waals surface area contributed by atoms with Gasteiger partial charge < -0.3 is 9.47 Å². The summed E-state index contributed by atoms with van der Waals surface area (Å²) < 4.78 is 2.11. The monoisotopic (exact) mass is 299 g/mol. The van der Waals surface area contributed by atoms with Crippen molar-refractivity contribution in [3.63, 3.8) is 0 Å². The molecule has 0 bridgehead atoms. The molecule has 1 aliphatic rings. The molecule has 3 rings (SSSR count). The van der Waals surface area contributed by atoms with Crippen LogP contribution in [-0.4, -0.2) is 56.6 Å². The highest BCUT2D eigenvalue weighted by Gasteiger charge is 2.24. The van der Waals surface area contributed by atoms with Crippen LogP contribution >= 0.6 is 0 Å². The van der Waals surface area contributed by atoms with Crippen LogP contribution in [0.2, 0.25) is 0 Å². The molecule has 2 aromatic rings. The molecule has 22 heavy (non-hydrogen) atoms. The Balaban J connectivity index is 1.48. The predicted molar refractivity (Wildman–Crippen MR) is 87.5 cm³/mol. The number of piperazine rings is 1. The molecule has 1 saturated heterocycles. The molecular weight excluding hydrogens is 274 g/mol. The van der Waals surface area contributed by atoms with Crippen molar-refractivity contribution >= 4 is 0 Å². The quantitative estimate of drug-likeness (QED) is 0.840. The fourth-order valence-electron chi connectivity index (χ4n) is 3.06. The number of aromatic nitrogens is 3. The SMILES string of the molecule is C[C@@H]1CN(CCc2ccccn2)CCN1Cc1nccn1C. The zero-order valence-electron chi connectivity index (χ0n) is 13.5. The molecule has 5 heteroatoms. The van der Waals surface area contributed by atoms with E-state index in [4.69, 9.17) is 0 Å². The van der Waals surface area contributed by atoms with E-state index in [-0.39, 0.29) is 0 Å². The van der Waals surface area contributed by atoms with Gasteiger partial charge >= 0.3 is 0 Å². The standard InChI is InChI=1S/C17H25N5/c1-15-13-21(9-6-16-5-3-4-7-18-16)11-12-22(15)14-17-19-8-10-20(17)2/h3-5,7-8,10,15H,6,9,11-14H2,1-2H3/t15-/m1/s1. The van der Waals surface area contributed by atoms with Gasteiger partial charge in [0.2, 0.25) is 0 Å². The normalized spacial score (nSPS) is 20.4. The van der Waals surface area contributed by atoms with Crippen LogP contribution in [0, 0.1) is 0 Å². The van der Waals surface area contributed by atoms with Gasteiger partial charge in [-0.25, -0.2) is 4.98 Å². The van der Waals surface area contributed by atoms with Crippen molar-refractivity contribution < 1.29 is 0 Å². The Morgan fingerprint density at radius 3 is 2.77 bits per heavy atom. The zero-order chi connectivity index (χ0) is 15.4. The highest BCUT2D eigenvalue weighted by Crippen LogP contribution is 2.13. The van der Waals surface area contributed by atoms with Crippen LogP contribution in [0.1, 0.15) is 18.4 Å². The van der Waals surface area contributed by atoms with Gasteiger partial charge in [0.05, 0.1) is 6.54 Å². The smallest absolute Gasteiger partial charge is 0.122 e. The first-order valence-electron chi connectivity index (χ1n) is 8.05. The first-order chi connectivity index (χ1) is 10.7. The lowest BCUT2D eigenvalue weighted by Crippen LogP contribution is -2.51. The average Bonchev–Trinajstić information content (AvgIpc) is 2.94.